The summed E-state index contributed by atoms with van der Waals surface area (Å²) in [5, 5.41) is 2.93. The van der Waals surface area contributed by atoms with Crippen molar-refractivity contribution in [1.82, 2.24) is 9.80 Å². The van der Waals surface area contributed by atoms with Crippen LogP contribution in [0.1, 0.15) is 5.56 Å². The number of carbonyl (C=O) groups excluding carboxylic acids is 2. The molecule has 7 heteroatoms. The maximum atomic E-state index is 12.9. The standard InChI is InChI=1S/C21H24FN3O3/c1-16-4-2-3-5-19(16)23-20(26)14-24-10-12-25(13-11-24)21(27)15-28-18-8-6-17(22)7-9-18/h2-9H,10-15H2,1H3,(H,23,26). The van der Waals surface area contributed by atoms with Gasteiger partial charge >= 0.3 is 0 Å². The van der Waals surface area contributed by atoms with E-state index in [0.717, 1.165) is 11.3 Å². The van der Waals surface area contributed by atoms with Gasteiger partial charge in [0.15, 0.2) is 6.61 Å². The molecule has 6 nitrogen and oxygen atoms in total. The molecule has 0 bridgehead atoms. The molecule has 0 atom stereocenters. The van der Waals surface area contributed by atoms with Crippen molar-refractivity contribution in [3.05, 3.63) is 59.9 Å². The fraction of sp³-hybridized carbons (Fsp3) is 0.333. The monoisotopic (exact) mass is 385 g/mol. The number of aryl methyl sites for hydroxylation is 1. The highest BCUT2D eigenvalue weighted by Gasteiger charge is 2.22. The van der Waals surface area contributed by atoms with E-state index in [-0.39, 0.29) is 24.2 Å². The van der Waals surface area contributed by atoms with Crippen molar-refractivity contribution >= 4 is 17.5 Å². The Bertz CT molecular complexity index is 818. The van der Waals surface area contributed by atoms with Crippen molar-refractivity contribution in [1.29, 1.82) is 0 Å². The number of rotatable bonds is 6. The predicted molar refractivity (Wildman–Crippen MR) is 105 cm³/mol. The minimum atomic E-state index is -0.346. The number of piperazine rings is 1. The molecule has 148 valence electrons. The SMILES string of the molecule is Cc1ccccc1NC(=O)CN1CCN(C(=O)COc2ccc(F)cc2)CC1. The average molecular weight is 385 g/mol. The molecule has 1 aliphatic rings. The van der Waals surface area contributed by atoms with Crippen LogP contribution >= 0.6 is 0 Å². The van der Waals surface area contributed by atoms with E-state index < -0.39 is 0 Å². The Morgan fingerprint density at radius 2 is 1.71 bits per heavy atom. The zero-order chi connectivity index (χ0) is 19.9. The first-order chi connectivity index (χ1) is 13.5. The van der Waals surface area contributed by atoms with Gasteiger partial charge in [0, 0.05) is 31.9 Å². The molecule has 1 fully saturated rings. The topological polar surface area (TPSA) is 61.9 Å². The number of nitrogens with one attached hydrogen (secondary N) is 1. The lowest BCUT2D eigenvalue weighted by atomic mass is 10.2. The molecule has 0 spiro atoms. The van der Waals surface area contributed by atoms with Crippen LogP contribution in [0.4, 0.5) is 10.1 Å². The first-order valence-electron chi connectivity index (χ1n) is 9.25. The van der Waals surface area contributed by atoms with E-state index >= 15 is 0 Å². The van der Waals surface area contributed by atoms with Gasteiger partial charge in [-0.25, -0.2) is 4.39 Å². The minimum Gasteiger partial charge on any atom is -0.484 e. The van der Waals surface area contributed by atoms with E-state index in [0.29, 0.717) is 38.5 Å². The lowest BCUT2D eigenvalue weighted by Gasteiger charge is -2.34. The summed E-state index contributed by atoms with van der Waals surface area (Å²) in [6.45, 7) is 4.51. The average Bonchev–Trinajstić information content (AvgIpc) is 2.69. The lowest BCUT2D eigenvalue weighted by Crippen LogP contribution is -2.51. The molecule has 0 unspecified atom stereocenters. The summed E-state index contributed by atoms with van der Waals surface area (Å²) in [6, 6.07) is 13.2. The summed E-state index contributed by atoms with van der Waals surface area (Å²) in [7, 11) is 0. The molecule has 1 heterocycles. The van der Waals surface area contributed by atoms with Gasteiger partial charge in [0.05, 0.1) is 6.54 Å². The van der Waals surface area contributed by atoms with E-state index in [1.165, 1.54) is 24.3 Å². The Hall–Kier alpha value is -2.93. The first kappa shape index (κ1) is 19.8. The highest BCUT2D eigenvalue weighted by atomic mass is 19.1. The molecule has 2 aromatic rings. The van der Waals surface area contributed by atoms with Crippen LogP contribution in [-0.4, -0.2) is 60.9 Å². The molecule has 1 aliphatic heterocycles. The van der Waals surface area contributed by atoms with E-state index in [4.69, 9.17) is 4.74 Å². The van der Waals surface area contributed by atoms with Crippen molar-refractivity contribution in [3.8, 4) is 5.75 Å². The molecule has 1 N–H and O–H groups in total. The van der Waals surface area contributed by atoms with Gasteiger partial charge in [-0.15, -0.1) is 0 Å². The number of benzene rings is 2. The van der Waals surface area contributed by atoms with Crippen molar-refractivity contribution < 1.29 is 18.7 Å². The normalized spacial score (nSPS) is 14.6. The van der Waals surface area contributed by atoms with Crippen LogP contribution in [0.5, 0.6) is 5.75 Å². The minimum absolute atomic E-state index is 0.0614. The van der Waals surface area contributed by atoms with E-state index in [9.17, 15) is 14.0 Å². The number of halogens is 1. The van der Waals surface area contributed by atoms with Gasteiger partial charge in [-0.1, -0.05) is 18.2 Å². The second kappa shape index (κ2) is 9.32. The maximum absolute atomic E-state index is 12.9. The zero-order valence-electron chi connectivity index (χ0n) is 15.9. The largest absolute Gasteiger partial charge is 0.484 e. The molecule has 3 rings (SSSR count). The Morgan fingerprint density at radius 1 is 1.04 bits per heavy atom. The third-order valence-electron chi connectivity index (χ3n) is 4.69. The van der Waals surface area contributed by atoms with Crippen molar-refractivity contribution in [3.63, 3.8) is 0 Å². The van der Waals surface area contributed by atoms with Gasteiger partial charge in [0.1, 0.15) is 11.6 Å². The molecular weight excluding hydrogens is 361 g/mol. The molecule has 2 amide bonds. The molecule has 0 aliphatic carbocycles. The fourth-order valence-electron chi connectivity index (χ4n) is 3.03. The second-order valence-electron chi connectivity index (χ2n) is 6.76. The van der Waals surface area contributed by atoms with E-state index in [1.54, 1.807) is 4.90 Å². The van der Waals surface area contributed by atoms with Crippen molar-refractivity contribution in [2.24, 2.45) is 0 Å². The van der Waals surface area contributed by atoms with Crippen LogP contribution in [0.2, 0.25) is 0 Å². The number of amides is 2. The number of para-hydroxylation sites is 1. The third kappa shape index (κ3) is 5.53. The van der Waals surface area contributed by atoms with Crippen molar-refractivity contribution in [2.45, 2.75) is 6.92 Å². The number of anilines is 1. The molecule has 1 saturated heterocycles. The van der Waals surface area contributed by atoms with Gasteiger partial charge < -0.3 is 15.0 Å². The van der Waals surface area contributed by atoms with Crippen LogP contribution in [0, 0.1) is 12.7 Å². The number of nitrogens with zero attached hydrogens (tertiary/aromatic N) is 2. The third-order valence-corrected chi connectivity index (χ3v) is 4.69. The van der Waals surface area contributed by atoms with Gasteiger partial charge in [-0.3, -0.25) is 14.5 Å². The molecule has 0 radical (unpaired) electrons. The molecule has 2 aromatic carbocycles. The van der Waals surface area contributed by atoms with Gasteiger partial charge in [-0.2, -0.15) is 0 Å². The summed E-state index contributed by atoms with van der Waals surface area (Å²) in [6.07, 6.45) is 0. The summed E-state index contributed by atoms with van der Waals surface area (Å²) in [4.78, 5) is 28.3. The maximum Gasteiger partial charge on any atom is 0.260 e. The van der Waals surface area contributed by atoms with Crippen LogP contribution in [0.15, 0.2) is 48.5 Å². The smallest absolute Gasteiger partial charge is 0.260 e. The number of carbonyl (C=O) groups is 2. The van der Waals surface area contributed by atoms with Crippen LogP contribution in [0.3, 0.4) is 0 Å². The van der Waals surface area contributed by atoms with Crippen LogP contribution in [-0.2, 0) is 9.59 Å². The quantitative estimate of drug-likeness (QED) is 0.829. The summed E-state index contributed by atoms with van der Waals surface area (Å²) in [5.41, 5.74) is 1.84. The van der Waals surface area contributed by atoms with Crippen molar-refractivity contribution in [2.75, 3.05) is 44.6 Å². The second-order valence-corrected chi connectivity index (χ2v) is 6.76. The van der Waals surface area contributed by atoms with Crippen LogP contribution < -0.4 is 10.1 Å². The zero-order valence-corrected chi connectivity index (χ0v) is 15.9. The van der Waals surface area contributed by atoms with Gasteiger partial charge in [0.25, 0.3) is 5.91 Å². The number of ether oxygens (including phenoxy) is 1. The highest BCUT2D eigenvalue weighted by Crippen LogP contribution is 2.14. The number of hydrogen-bond acceptors (Lipinski definition) is 4. The Morgan fingerprint density at radius 3 is 2.39 bits per heavy atom. The summed E-state index contributed by atoms with van der Waals surface area (Å²) in [5.74, 6) is -0.0652. The van der Waals surface area contributed by atoms with Crippen LogP contribution in [0.25, 0.3) is 0 Å². The van der Waals surface area contributed by atoms with Gasteiger partial charge in [0.2, 0.25) is 5.91 Å². The fourth-order valence-corrected chi connectivity index (χ4v) is 3.03. The van der Waals surface area contributed by atoms with E-state index in [2.05, 4.69) is 5.32 Å². The Labute approximate surface area is 163 Å². The molecular formula is C21H24FN3O3. The van der Waals surface area contributed by atoms with Gasteiger partial charge in [-0.05, 0) is 42.8 Å². The predicted octanol–water partition coefficient (Wildman–Crippen LogP) is 2.30. The first-order valence-corrected chi connectivity index (χ1v) is 9.25. The molecule has 0 aromatic heterocycles. The Balaban J connectivity index is 1.40. The Kier molecular flexibility index (Phi) is 6.60. The summed E-state index contributed by atoms with van der Waals surface area (Å²) >= 11 is 0. The molecule has 0 saturated carbocycles. The highest BCUT2D eigenvalue weighted by molar-refractivity contribution is 5.93. The molecule has 28 heavy (non-hydrogen) atoms. The lowest BCUT2D eigenvalue weighted by molar-refractivity contribution is -0.135. The summed E-state index contributed by atoms with van der Waals surface area (Å²) < 4.78 is 18.3. The van der Waals surface area contributed by atoms with E-state index in [1.807, 2.05) is 36.1 Å². The number of hydrogen-bond donors (Lipinski definition) is 1.